The number of aliphatic carboxylic acids is 4. The van der Waals surface area contributed by atoms with Crippen molar-refractivity contribution in [1.82, 2.24) is 0 Å². The number of carbonyl (C=O) groups excluding carboxylic acids is 2. The zero-order chi connectivity index (χ0) is 16.3. The summed E-state index contributed by atoms with van der Waals surface area (Å²) in [5.74, 6) is -4.95. The molecule has 0 saturated heterocycles. The van der Waals surface area contributed by atoms with E-state index in [0.717, 1.165) is 0 Å². The van der Waals surface area contributed by atoms with Crippen LogP contribution in [0.4, 0.5) is 0 Å². The van der Waals surface area contributed by atoms with Gasteiger partial charge in [0, 0.05) is 24.9 Å². The minimum absolute atomic E-state index is 0. The second-order valence-corrected chi connectivity index (χ2v) is 3.72. The largest absolute Gasteiger partial charge is 2.00 e. The first-order valence-electron chi connectivity index (χ1n) is 5.44. The Balaban J connectivity index is -0.000000295. The van der Waals surface area contributed by atoms with Crippen LogP contribution in [0, 0.1) is 0 Å². The Morgan fingerprint density at radius 1 is 0.810 bits per heavy atom. The Bertz CT molecular complexity index is 329. The van der Waals surface area contributed by atoms with Gasteiger partial charge in [0.05, 0.1) is 11.9 Å². The molecule has 0 aromatic carbocycles. The summed E-state index contributed by atoms with van der Waals surface area (Å²) in [6.07, 6.45) is -0.653. The van der Waals surface area contributed by atoms with Crippen LogP contribution in [-0.2, 0) is 19.2 Å². The minimum Gasteiger partial charge on any atom is -0.548 e. The Labute approximate surface area is 157 Å². The van der Waals surface area contributed by atoms with Crippen molar-refractivity contribution >= 4 is 69.4 Å². The maximum Gasteiger partial charge on any atom is 2.00 e. The van der Waals surface area contributed by atoms with E-state index in [2.05, 4.69) is 0 Å². The normalized spacial score (nSPS) is 11.9. The molecule has 0 amide bonds. The van der Waals surface area contributed by atoms with Crippen LogP contribution < -0.4 is 21.7 Å². The van der Waals surface area contributed by atoms with Crippen molar-refractivity contribution in [2.75, 3.05) is 0 Å². The number of hydrogen-bond acceptors (Lipinski definition) is 8. The topological polar surface area (TPSA) is 207 Å². The number of carbonyl (C=O) groups is 4. The van der Waals surface area contributed by atoms with Gasteiger partial charge in [0.2, 0.25) is 0 Å². The Morgan fingerprint density at radius 3 is 1.19 bits per heavy atom. The van der Waals surface area contributed by atoms with Crippen molar-refractivity contribution in [3.05, 3.63) is 0 Å². The molecule has 116 valence electrons. The fourth-order valence-corrected chi connectivity index (χ4v) is 0.794. The number of carboxylic acid groups (broad SMARTS) is 4. The van der Waals surface area contributed by atoms with E-state index in [1.807, 2.05) is 0 Å². The minimum atomic E-state index is -1.42. The summed E-state index contributed by atoms with van der Waals surface area (Å²) in [4.78, 5) is 39.5. The molecule has 10 nitrogen and oxygen atoms in total. The van der Waals surface area contributed by atoms with Crippen molar-refractivity contribution in [2.24, 2.45) is 11.5 Å². The van der Waals surface area contributed by atoms with Crippen molar-refractivity contribution in [1.29, 1.82) is 0 Å². The molecular weight excluding hydrogens is 364 g/mol. The first-order chi connectivity index (χ1) is 9.07. The number of rotatable bonds is 8. The molecule has 0 aromatic heterocycles. The molecule has 11 heteroatoms. The second-order valence-electron chi connectivity index (χ2n) is 3.72. The first-order valence-corrected chi connectivity index (χ1v) is 5.44. The molecule has 0 bridgehead atoms. The van der Waals surface area contributed by atoms with Crippen molar-refractivity contribution in [2.45, 2.75) is 37.8 Å². The molecule has 0 aliphatic carbocycles. The van der Waals surface area contributed by atoms with Crippen LogP contribution in [0.2, 0.25) is 0 Å². The van der Waals surface area contributed by atoms with E-state index in [4.69, 9.17) is 21.7 Å². The van der Waals surface area contributed by atoms with E-state index in [1.54, 1.807) is 0 Å². The SMILES string of the molecule is N[C@@H](CCC(=O)O)C(=O)[O-].N[C@@H](CCC(=O)O)C(=O)[O-].[Sr+2]. The molecule has 0 aliphatic heterocycles. The number of carboxylic acids is 4. The summed E-state index contributed by atoms with van der Waals surface area (Å²) in [7, 11) is 0. The maximum atomic E-state index is 9.88. The fraction of sp³-hybridized carbons (Fsp3) is 0.600. The predicted octanol–water partition coefficient (Wildman–Crippen LogP) is -4.52. The molecule has 0 radical (unpaired) electrons. The Morgan fingerprint density at radius 2 is 1.05 bits per heavy atom. The van der Waals surface area contributed by atoms with Crippen LogP contribution in [0.15, 0.2) is 0 Å². The third kappa shape index (κ3) is 19.3. The van der Waals surface area contributed by atoms with Gasteiger partial charge in [-0.1, -0.05) is 0 Å². The summed E-state index contributed by atoms with van der Waals surface area (Å²) in [6, 6.07) is -2.34. The van der Waals surface area contributed by atoms with E-state index < -0.39 is 36.0 Å². The van der Waals surface area contributed by atoms with Gasteiger partial charge < -0.3 is 41.5 Å². The Kier molecular flexibility index (Phi) is 17.1. The van der Waals surface area contributed by atoms with Gasteiger partial charge in [0.1, 0.15) is 0 Å². The number of nitrogens with two attached hydrogens (primary N) is 2. The van der Waals surface area contributed by atoms with Crippen LogP contribution >= 0.6 is 0 Å². The van der Waals surface area contributed by atoms with Gasteiger partial charge in [-0.3, -0.25) is 9.59 Å². The van der Waals surface area contributed by atoms with E-state index in [1.165, 1.54) is 0 Å². The van der Waals surface area contributed by atoms with Crippen LogP contribution in [0.5, 0.6) is 0 Å². The standard InChI is InChI=1S/2C5H9NO4.Sr/c2*6-3(5(9)10)1-2-4(7)8;/h2*3H,1-2,6H2,(H,7,8)(H,9,10);/q;;+2/p-2/t2*3-;/m00./s1. The van der Waals surface area contributed by atoms with Crippen molar-refractivity contribution in [3.8, 4) is 0 Å². The van der Waals surface area contributed by atoms with Crippen molar-refractivity contribution < 1.29 is 39.6 Å². The average molecular weight is 380 g/mol. The summed E-state index contributed by atoms with van der Waals surface area (Å²) < 4.78 is 0. The van der Waals surface area contributed by atoms with Crippen LogP contribution in [0.3, 0.4) is 0 Å². The van der Waals surface area contributed by atoms with Gasteiger partial charge in [-0.25, -0.2) is 0 Å². The van der Waals surface area contributed by atoms with Gasteiger partial charge in [0.25, 0.3) is 0 Å². The fourth-order valence-electron chi connectivity index (χ4n) is 0.794. The van der Waals surface area contributed by atoms with Gasteiger partial charge in [-0.05, 0) is 12.8 Å². The summed E-state index contributed by atoms with van der Waals surface area (Å²) in [5, 5.41) is 35.9. The molecule has 0 spiro atoms. The molecule has 0 fully saturated rings. The van der Waals surface area contributed by atoms with E-state index in [-0.39, 0.29) is 71.2 Å². The van der Waals surface area contributed by atoms with Crippen LogP contribution in [0.1, 0.15) is 25.7 Å². The molecule has 2 atom stereocenters. The predicted molar refractivity (Wildman–Crippen MR) is 65.5 cm³/mol. The molecule has 0 aromatic rings. The molecule has 0 saturated carbocycles. The van der Waals surface area contributed by atoms with Gasteiger partial charge >= 0.3 is 57.4 Å². The zero-order valence-corrected chi connectivity index (χ0v) is 14.7. The molecule has 0 rings (SSSR count). The van der Waals surface area contributed by atoms with E-state index in [9.17, 15) is 29.4 Å². The quantitative estimate of drug-likeness (QED) is 0.297. The third-order valence-corrected chi connectivity index (χ3v) is 1.94. The molecular formula is C10H16N2O8Sr. The summed E-state index contributed by atoms with van der Waals surface area (Å²) in [6.45, 7) is 0. The van der Waals surface area contributed by atoms with E-state index >= 15 is 0 Å². The number of hydrogen-bond donors (Lipinski definition) is 4. The van der Waals surface area contributed by atoms with Crippen molar-refractivity contribution in [3.63, 3.8) is 0 Å². The first kappa shape index (κ1) is 25.2. The van der Waals surface area contributed by atoms with Crippen LogP contribution in [-0.4, -0.2) is 91.7 Å². The molecule has 0 heterocycles. The molecule has 6 N–H and O–H groups in total. The van der Waals surface area contributed by atoms with Gasteiger partial charge in [0.15, 0.2) is 0 Å². The maximum absolute atomic E-state index is 9.88. The van der Waals surface area contributed by atoms with Gasteiger partial charge in [-0.2, -0.15) is 0 Å². The second kappa shape index (κ2) is 14.2. The smallest absolute Gasteiger partial charge is 0.548 e. The molecule has 21 heavy (non-hydrogen) atoms. The van der Waals surface area contributed by atoms with E-state index in [0.29, 0.717) is 0 Å². The summed E-state index contributed by atoms with van der Waals surface area (Å²) in [5.41, 5.74) is 9.88. The monoisotopic (exact) mass is 380 g/mol. The van der Waals surface area contributed by atoms with Gasteiger partial charge in [-0.15, -0.1) is 0 Å². The molecule has 0 aliphatic rings. The third-order valence-electron chi connectivity index (χ3n) is 1.94. The molecule has 0 unspecified atom stereocenters. The summed E-state index contributed by atoms with van der Waals surface area (Å²) >= 11 is 0. The Hall–Kier alpha value is -0.719. The van der Waals surface area contributed by atoms with Crippen LogP contribution in [0.25, 0.3) is 0 Å². The zero-order valence-electron chi connectivity index (χ0n) is 11.2. The average Bonchev–Trinajstić information content (AvgIpc) is 2.33.